The van der Waals surface area contributed by atoms with Gasteiger partial charge in [-0.05, 0) is 30.3 Å². The van der Waals surface area contributed by atoms with E-state index in [1.807, 2.05) is 60.7 Å². The van der Waals surface area contributed by atoms with Crippen molar-refractivity contribution in [1.82, 2.24) is 15.3 Å². The van der Waals surface area contributed by atoms with Crippen molar-refractivity contribution in [1.29, 1.82) is 0 Å². The van der Waals surface area contributed by atoms with E-state index in [9.17, 15) is 4.79 Å². The quantitative estimate of drug-likeness (QED) is 0.648. The first-order valence-electron chi connectivity index (χ1n) is 9.11. The number of nitrogens with one attached hydrogen (secondary N) is 1. The molecule has 0 saturated carbocycles. The van der Waals surface area contributed by atoms with Gasteiger partial charge in [-0.3, -0.25) is 4.79 Å². The van der Waals surface area contributed by atoms with Gasteiger partial charge in [0.2, 0.25) is 5.91 Å². The highest BCUT2D eigenvalue weighted by Crippen LogP contribution is 2.25. The maximum absolute atomic E-state index is 12.0. The van der Waals surface area contributed by atoms with Gasteiger partial charge in [-0.2, -0.15) is 0 Å². The van der Waals surface area contributed by atoms with Crippen LogP contribution in [0.2, 0.25) is 0 Å². The summed E-state index contributed by atoms with van der Waals surface area (Å²) >= 11 is 0. The third kappa shape index (κ3) is 4.62. The number of carbonyl (C=O) groups is 1. The van der Waals surface area contributed by atoms with Crippen LogP contribution in [-0.2, 0) is 4.79 Å². The van der Waals surface area contributed by atoms with Crippen LogP contribution in [0.3, 0.4) is 0 Å². The zero-order valence-corrected chi connectivity index (χ0v) is 15.5. The molecule has 1 aliphatic heterocycles. The van der Waals surface area contributed by atoms with Gasteiger partial charge in [0, 0.05) is 22.9 Å². The molecule has 0 saturated heterocycles. The largest absolute Gasteiger partial charge is 0.490 e. The fraction of sp³-hybridized carbons (Fsp3) is 0.0435. The standard InChI is InChI=1S/C23H18N4O2/c28-22-10-4-2-1-3-7-13-29-18-11-12-21-19(14-18)23(26-16-25-21)27-20-9-6-5-8-17(20)15-24-22/h1-12,14-16H,13H2,(H,24,28)/b2-1-,7-3-,10-4-,17-15-,27-20-. The summed E-state index contributed by atoms with van der Waals surface area (Å²) in [5.74, 6) is 1.02. The smallest absolute Gasteiger partial charge is 0.247 e. The Morgan fingerprint density at radius 3 is 2.83 bits per heavy atom. The number of fused-ring (bicyclic) bond motifs is 2. The van der Waals surface area contributed by atoms with Crippen molar-refractivity contribution >= 4 is 28.8 Å². The minimum atomic E-state index is -0.227. The summed E-state index contributed by atoms with van der Waals surface area (Å²) in [5, 5.41) is 5.01. The number of hydrogen-bond donors (Lipinski definition) is 1. The molecule has 1 aromatic heterocycles. The molecule has 0 aliphatic carbocycles. The number of aromatic nitrogens is 2. The fourth-order valence-corrected chi connectivity index (χ4v) is 2.77. The van der Waals surface area contributed by atoms with Crippen LogP contribution >= 0.6 is 0 Å². The molecule has 6 heteroatoms. The monoisotopic (exact) mass is 382 g/mol. The Labute approximate surface area is 167 Å². The number of nitrogens with zero attached hydrogens (tertiary/aromatic N) is 3. The van der Waals surface area contributed by atoms with Crippen LogP contribution in [0.15, 0.2) is 90.2 Å². The van der Waals surface area contributed by atoms with Gasteiger partial charge in [-0.15, -0.1) is 0 Å². The van der Waals surface area contributed by atoms with E-state index in [4.69, 9.17) is 9.73 Å². The Morgan fingerprint density at radius 1 is 0.966 bits per heavy atom. The van der Waals surface area contributed by atoms with Crippen molar-refractivity contribution < 1.29 is 9.53 Å². The van der Waals surface area contributed by atoms with E-state index in [-0.39, 0.29) is 5.91 Å². The summed E-state index contributed by atoms with van der Waals surface area (Å²) in [6.07, 6.45) is 13.6. The zero-order valence-electron chi connectivity index (χ0n) is 15.5. The lowest BCUT2D eigenvalue weighted by Crippen LogP contribution is -2.28. The van der Waals surface area contributed by atoms with Crippen LogP contribution in [0.4, 0.5) is 5.82 Å². The van der Waals surface area contributed by atoms with Crippen LogP contribution in [0.1, 0.15) is 0 Å². The summed E-state index contributed by atoms with van der Waals surface area (Å²) < 4.78 is 5.79. The Morgan fingerprint density at radius 2 is 1.86 bits per heavy atom. The molecule has 0 spiro atoms. The van der Waals surface area contributed by atoms with E-state index >= 15 is 0 Å². The molecule has 0 atom stereocenters. The maximum atomic E-state index is 12.0. The molecular weight excluding hydrogens is 364 g/mol. The van der Waals surface area contributed by atoms with Crippen molar-refractivity contribution in [2.75, 3.05) is 6.61 Å². The van der Waals surface area contributed by atoms with E-state index < -0.39 is 0 Å². The number of para-hydroxylation sites is 1. The molecule has 6 nitrogen and oxygen atoms in total. The number of carbonyl (C=O) groups excluding carboxylic acids is 1. The number of amides is 1. The van der Waals surface area contributed by atoms with Gasteiger partial charge in [0.15, 0.2) is 5.82 Å². The molecule has 2 heterocycles. The highest BCUT2D eigenvalue weighted by molar-refractivity contribution is 5.90. The zero-order chi connectivity index (χ0) is 19.9. The van der Waals surface area contributed by atoms with E-state index in [0.717, 1.165) is 16.1 Å². The lowest BCUT2D eigenvalue weighted by atomic mass is 10.2. The summed E-state index contributed by atoms with van der Waals surface area (Å²) in [4.78, 5) is 25.4. The molecule has 0 unspecified atom stereocenters. The number of benzene rings is 2. The van der Waals surface area contributed by atoms with Crippen LogP contribution < -0.4 is 20.6 Å². The molecule has 1 amide bonds. The van der Waals surface area contributed by atoms with Crippen molar-refractivity contribution in [2.45, 2.75) is 0 Å². The molecule has 3 aromatic rings. The average molecular weight is 382 g/mol. The first-order valence-corrected chi connectivity index (χ1v) is 9.11. The van der Waals surface area contributed by atoms with Crippen LogP contribution in [-0.4, -0.2) is 22.5 Å². The molecule has 2 bridgehead atoms. The molecule has 29 heavy (non-hydrogen) atoms. The predicted molar refractivity (Wildman–Crippen MR) is 112 cm³/mol. The van der Waals surface area contributed by atoms with Gasteiger partial charge in [0.05, 0.1) is 10.9 Å². The van der Waals surface area contributed by atoms with Crippen molar-refractivity contribution in [3.8, 4) is 5.75 Å². The predicted octanol–water partition coefficient (Wildman–Crippen LogP) is 2.50. The number of ether oxygens (including phenoxy) is 1. The lowest BCUT2D eigenvalue weighted by molar-refractivity contribution is -0.115. The Hall–Kier alpha value is -4.06. The highest BCUT2D eigenvalue weighted by Gasteiger charge is 2.05. The molecular formula is C23H18N4O2. The van der Waals surface area contributed by atoms with Crippen LogP contribution in [0.25, 0.3) is 17.1 Å². The van der Waals surface area contributed by atoms with Gasteiger partial charge in [0.1, 0.15) is 18.7 Å². The van der Waals surface area contributed by atoms with Crippen LogP contribution in [0, 0.1) is 0 Å². The summed E-state index contributed by atoms with van der Waals surface area (Å²) in [5.41, 5.74) is 0.777. The van der Waals surface area contributed by atoms with Crippen LogP contribution in [0.5, 0.6) is 5.75 Å². The molecule has 1 aliphatic rings. The summed E-state index contributed by atoms with van der Waals surface area (Å²) in [6, 6.07) is 13.2. The van der Waals surface area contributed by atoms with E-state index in [1.165, 1.54) is 12.4 Å². The highest BCUT2D eigenvalue weighted by atomic mass is 16.5. The molecule has 1 N–H and O–H groups in total. The Kier molecular flexibility index (Phi) is 5.53. The van der Waals surface area contributed by atoms with Gasteiger partial charge >= 0.3 is 0 Å². The second-order valence-corrected chi connectivity index (χ2v) is 6.18. The first kappa shape index (κ1) is 18.3. The minimum Gasteiger partial charge on any atom is -0.490 e. The second kappa shape index (κ2) is 8.75. The maximum Gasteiger partial charge on any atom is 0.247 e. The molecule has 142 valence electrons. The average Bonchev–Trinajstić information content (AvgIpc) is 2.74. The van der Waals surface area contributed by atoms with E-state index in [1.54, 1.807) is 18.4 Å². The van der Waals surface area contributed by atoms with Crippen molar-refractivity contribution in [3.05, 3.63) is 95.8 Å². The fourth-order valence-electron chi connectivity index (χ4n) is 2.77. The Bertz CT molecular complexity index is 1260. The molecule has 0 radical (unpaired) electrons. The lowest BCUT2D eigenvalue weighted by Gasteiger charge is -2.06. The van der Waals surface area contributed by atoms with Gasteiger partial charge in [-0.1, -0.05) is 42.5 Å². The Balaban J connectivity index is 1.88. The minimum absolute atomic E-state index is 0.227. The van der Waals surface area contributed by atoms with E-state index in [0.29, 0.717) is 23.5 Å². The van der Waals surface area contributed by atoms with E-state index in [2.05, 4.69) is 15.3 Å². The third-order valence-electron chi connectivity index (χ3n) is 4.18. The summed E-state index contributed by atoms with van der Waals surface area (Å²) in [6.45, 7) is 0.415. The van der Waals surface area contributed by atoms with Gasteiger partial charge in [-0.25, -0.2) is 15.0 Å². The number of allylic oxidation sites excluding steroid dienone is 4. The summed E-state index contributed by atoms with van der Waals surface area (Å²) in [7, 11) is 0. The van der Waals surface area contributed by atoms with Gasteiger partial charge in [0.25, 0.3) is 0 Å². The third-order valence-corrected chi connectivity index (χ3v) is 4.18. The first-order chi connectivity index (χ1) is 14.3. The molecule has 2 aromatic carbocycles. The SMILES string of the molecule is O=C1\C=C/C=C\C=C/COc2ccc3ncnc(c3c2)/N=c2/cccc/c2=C/N1. The van der Waals surface area contributed by atoms with Gasteiger partial charge < -0.3 is 10.1 Å². The number of rotatable bonds is 0. The number of hydrogen-bond acceptors (Lipinski definition) is 5. The normalized spacial score (nSPS) is 19.8. The van der Waals surface area contributed by atoms with Crippen molar-refractivity contribution in [2.24, 2.45) is 4.99 Å². The molecule has 0 fully saturated rings. The second-order valence-electron chi connectivity index (χ2n) is 6.18. The molecule has 4 rings (SSSR count). The van der Waals surface area contributed by atoms with Crippen molar-refractivity contribution in [3.63, 3.8) is 0 Å². The topological polar surface area (TPSA) is 76.5 Å².